The van der Waals surface area contributed by atoms with Crippen molar-refractivity contribution in [2.75, 3.05) is 23.3 Å². The monoisotopic (exact) mass is 387 g/mol. The second-order valence-corrected chi connectivity index (χ2v) is 7.46. The van der Waals surface area contributed by atoms with Gasteiger partial charge in [-0.3, -0.25) is 4.79 Å². The van der Waals surface area contributed by atoms with Crippen LogP contribution >= 0.6 is 0 Å². The first-order valence-corrected chi connectivity index (χ1v) is 10.0. The smallest absolute Gasteiger partial charge is 0.257 e. The van der Waals surface area contributed by atoms with E-state index in [2.05, 4.69) is 22.1 Å². The highest BCUT2D eigenvalue weighted by Crippen LogP contribution is 2.29. The number of nitrogens with zero attached hydrogens (tertiary/aromatic N) is 2. The molecule has 1 amide bonds. The molecular weight excluding hydrogens is 362 g/mol. The zero-order chi connectivity index (χ0) is 20.1. The van der Waals surface area contributed by atoms with Crippen LogP contribution < -0.4 is 15.0 Å². The molecule has 0 spiro atoms. The van der Waals surface area contributed by atoms with Crippen LogP contribution in [-0.2, 0) is 0 Å². The Balaban J connectivity index is 1.46. The average molecular weight is 387 g/mol. The van der Waals surface area contributed by atoms with Crippen LogP contribution in [0.1, 0.15) is 30.1 Å². The summed E-state index contributed by atoms with van der Waals surface area (Å²) in [6, 6.07) is 20.7. The van der Waals surface area contributed by atoms with Crippen molar-refractivity contribution in [3.8, 4) is 11.5 Å². The van der Waals surface area contributed by atoms with E-state index >= 15 is 0 Å². The van der Waals surface area contributed by atoms with Gasteiger partial charge in [-0.05, 0) is 55.2 Å². The second-order valence-electron chi connectivity index (χ2n) is 7.46. The summed E-state index contributed by atoms with van der Waals surface area (Å²) >= 11 is 0. The molecule has 0 bridgehead atoms. The van der Waals surface area contributed by atoms with E-state index in [9.17, 15) is 4.79 Å². The molecular formula is C24H25N3O2. The Morgan fingerprint density at radius 1 is 1.07 bits per heavy atom. The molecule has 1 N–H and O–H groups in total. The summed E-state index contributed by atoms with van der Waals surface area (Å²) in [5, 5.41) is 2.94. The van der Waals surface area contributed by atoms with Crippen LogP contribution in [-0.4, -0.2) is 24.0 Å². The number of ether oxygens (including phenoxy) is 1. The lowest BCUT2D eigenvalue weighted by atomic mass is 10.0. The van der Waals surface area contributed by atoms with E-state index in [1.54, 1.807) is 6.20 Å². The third-order valence-corrected chi connectivity index (χ3v) is 5.10. The number of hydrogen-bond donors (Lipinski definition) is 1. The highest BCUT2D eigenvalue weighted by molar-refractivity contribution is 6.04. The first-order chi connectivity index (χ1) is 14.2. The predicted octanol–water partition coefficient (Wildman–Crippen LogP) is 5.36. The molecule has 2 aromatic carbocycles. The Kier molecular flexibility index (Phi) is 5.75. The van der Waals surface area contributed by atoms with Gasteiger partial charge in [-0.1, -0.05) is 37.3 Å². The lowest BCUT2D eigenvalue weighted by Gasteiger charge is -2.31. The summed E-state index contributed by atoms with van der Waals surface area (Å²) in [6.45, 7) is 4.30. The van der Waals surface area contributed by atoms with Crippen LogP contribution in [0.2, 0.25) is 0 Å². The molecule has 5 heteroatoms. The lowest BCUT2D eigenvalue weighted by molar-refractivity contribution is 0.102. The van der Waals surface area contributed by atoms with Gasteiger partial charge >= 0.3 is 0 Å². The number of nitrogens with one attached hydrogen (secondary N) is 1. The largest absolute Gasteiger partial charge is 0.455 e. The summed E-state index contributed by atoms with van der Waals surface area (Å²) in [5.74, 6) is 2.71. The summed E-state index contributed by atoms with van der Waals surface area (Å²) < 4.78 is 5.92. The standard InChI is InChI=1S/C24H25N3O2/c1-18-8-7-15-27(17-18)23-14-13-19(16-25-23)24(28)26-21-11-5-6-12-22(21)29-20-9-3-2-4-10-20/h2-6,9-14,16,18H,7-8,15,17H2,1H3,(H,26,28). The van der Waals surface area contributed by atoms with Crippen LogP contribution in [0.25, 0.3) is 0 Å². The number of hydrogen-bond acceptors (Lipinski definition) is 4. The molecule has 1 aromatic heterocycles. The number of para-hydroxylation sites is 3. The van der Waals surface area contributed by atoms with Gasteiger partial charge in [-0.25, -0.2) is 4.98 Å². The number of carbonyl (C=O) groups excluding carboxylic acids is 1. The number of piperidine rings is 1. The van der Waals surface area contributed by atoms with Crippen LogP contribution in [0, 0.1) is 5.92 Å². The molecule has 1 aliphatic rings. The Hall–Kier alpha value is -3.34. The number of aromatic nitrogens is 1. The summed E-state index contributed by atoms with van der Waals surface area (Å²) in [5.41, 5.74) is 1.14. The summed E-state index contributed by atoms with van der Waals surface area (Å²) in [7, 11) is 0. The fourth-order valence-corrected chi connectivity index (χ4v) is 3.57. The van der Waals surface area contributed by atoms with E-state index < -0.39 is 0 Å². The van der Waals surface area contributed by atoms with Crippen molar-refractivity contribution >= 4 is 17.4 Å². The SMILES string of the molecule is CC1CCCN(c2ccc(C(=O)Nc3ccccc3Oc3ccccc3)cn2)C1. The normalized spacial score (nSPS) is 16.3. The molecule has 0 aliphatic carbocycles. The molecule has 1 atom stereocenters. The van der Waals surface area contributed by atoms with E-state index in [1.165, 1.54) is 12.8 Å². The number of anilines is 2. The van der Waals surface area contributed by atoms with Crippen molar-refractivity contribution in [2.45, 2.75) is 19.8 Å². The van der Waals surface area contributed by atoms with Crippen molar-refractivity contribution in [3.63, 3.8) is 0 Å². The third kappa shape index (κ3) is 4.74. The van der Waals surface area contributed by atoms with Gasteiger partial charge in [0, 0.05) is 19.3 Å². The van der Waals surface area contributed by atoms with Gasteiger partial charge in [-0.2, -0.15) is 0 Å². The van der Waals surface area contributed by atoms with Crippen molar-refractivity contribution < 1.29 is 9.53 Å². The highest BCUT2D eigenvalue weighted by Gasteiger charge is 2.18. The maximum absolute atomic E-state index is 12.7. The molecule has 29 heavy (non-hydrogen) atoms. The van der Waals surface area contributed by atoms with Gasteiger partial charge in [0.05, 0.1) is 11.3 Å². The van der Waals surface area contributed by atoms with Gasteiger partial charge < -0.3 is 15.0 Å². The molecule has 148 valence electrons. The fraction of sp³-hybridized carbons (Fsp3) is 0.250. The summed E-state index contributed by atoms with van der Waals surface area (Å²) in [6.07, 6.45) is 4.09. The van der Waals surface area contributed by atoms with Crippen LogP contribution in [0.4, 0.5) is 11.5 Å². The molecule has 1 aliphatic heterocycles. The maximum Gasteiger partial charge on any atom is 0.257 e. The highest BCUT2D eigenvalue weighted by atomic mass is 16.5. The zero-order valence-electron chi connectivity index (χ0n) is 16.5. The van der Waals surface area contributed by atoms with Gasteiger partial charge in [0.25, 0.3) is 5.91 Å². The fourth-order valence-electron chi connectivity index (χ4n) is 3.57. The molecule has 3 aromatic rings. The van der Waals surface area contributed by atoms with E-state index in [-0.39, 0.29) is 5.91 Å². The first-order valence-electron chi connectivity index (χ1n) is 10.0. The van der Waals surface area contributed by atoms with Crippen LogP contribution in [0.15, 0.2) is 72.9 Å². The molecule has 0 radical (unpaired) electrons. The number of carbonyl (C=O) groups is 1. The van der Waals surface area contributed by atoms with E-state index in [0.717, 1.165) is 24.7 Å². The minimum atomic E-state index is -0.208. The zero-order valence-corrected chi connectivity index (χ0v) is 16.5. The minimum Gasteiger partial charge on any atom is -0.455 e. The van der Waals surface area contributed by atoms with Crippen molar-refractivity contribution in [3.05, 3.63) is 78.5 Å². The predicted molar refractivity (Wildman–Crippen MR) is 116 cm³/mol. The van der Waals surface area contributed by atoms with Gasteiger partial charge in [0.15, 0.2) is 5.75 Å². The Bertz CT molecular complexity index is 957. The van der Waals surface area contributed by atoms with Gasteiger partial charge in [0.1, 0.15) is 11.6 Å². The number of amides is 1. The summed E-state index contributed by atoms with van der Waals surface area (Å²) in [4.78, 5) is 19.6. The van der Waals surface area contributed by atoms with E-state index in [1.807, 2.05) is 66.7 Å². The van der Waals surface area contributed by atoms with Gasteiger partial charge in [0.2, 0.25) is 0 Å². The van der Waals surface area contributed by atoms with E-state index in [0.29, 0.717) is 22.9 Å². The Morgan fingerprint density at radius 2 is 1.86 bits per heavy atom. The average Bonchev–Trinajstić information content (AvgIpc) is 2.76. The maximum atomic E-state index is 12.7. The molecule has 2 heterocycles. The molecule has 4 rings (SSSR count). The second kappa shape index (κ2) is 8.78. The quantitative estimate of drug-likeness (QED) is 0.640. The van der Waals surface area contributed by atoms with Crippen LogP contribution in [0.3, 0.4) is 0 Å². The first kappa shape index (κ1) is 19.0. The molecule has 1 unspecified atom stereocenters. The lowest BCUT2D eigenvalue weighted by Crippen LogP contribution is -2.34. The van der Waals surface area contributed by atoms with Crippen molar-refractivity contribution in [1.82, 2.24) is 4.98 Å². The molecule has 5 nitrogen and oxygen atoms in total. The molecule has 0 saturated carbocycles. The topological polar surface area (TPSA) is 54.5 Å². The van der Waals surface area contributed by atoms with Crippen molar-refractivity contribution in [2.24, 2.45) is 5.92 Å². The number of pyridine rings is 1. The third-order valence-electron chi connectivity index (χ3n) is 5.10. The minimum absolute atomic E-state index is 0.208. The Morgan fingerprint density at radius 3 is 2.62 bits per heavy atom. The van der Waals surface area contributed by atoms with E-state index in [4.69, 9.17) is 4.74 Å². The van der Waals surface area contributed by atoms with Crippen molar-refractivity contribution in [1.29, 1.82) is 0 Å². The molecule has 1 fully saturated rings. The van der Waals surface area contributed by atoms with Crippen LogP contribution in [0.5, 0.6) is 11.5 Å². The van der Waals surface area contributed by atoms with Gasteiger partial charge in [-0.15, -0.1) is 0 Å². The number of rotatable bonds is 5. The number of benzene rings is 2. The molecule has 1 saturated heterocycles. The Labute approximate surface area is 171 Å².